The van der Waals surface area contributed by atoms with E-state index in [1.807, 2.05) is 11.0 Å². The molecule has 1 aliphatic carbocycles. The summed E-state index contributed by atoms with van der Waals surface area (Å²) in [6.45, 7) is 2.84. The molecule has 4 fully saturated rings. The molecule has 1 aromatic rings. The number of carbonyl (C=O) groups excluding carboxylic acids is 2. The fraction of sp³-hybridized carbons (Fsp3) is 0.632. The zero-order valence-corrected chi connectivity index (χ0v) is 14.5. The SMILES string of the molecule is O=C(Nc1cccnc1)[C@H]1C[C@@H]2CCN(C(=O)C3[C@H]4COC[C@@H]34)C[C@@H]2O1. The molecule has 0 radical (unpaired) electrons. The summed E-state index contributed by atoms with van der Waals surface area (Å²) >= 11 is 0. The molecule has 3 aliphatic heterocycles. The molecule has 0 aromatic carbocycles. The molecule has 26 heavy (non-hydrogen) atoms. The summed E-state index contributed by atoms with van der Waals surface area (Å²) in [6, 6.07) is 3.59. The van der Waals surface area contributed by atoms with Crippen molar-refractivity contribution in [3.05, 3.63) is 24.5 Å². The molecule has 4 heterocycles. The minimum absolute atomic E-state index is 0.0350. The van der Waals surface area contributed by atoms with Gasteiger partial charge in [-0.05, 0) is 42.7 Å². The highest BCUT2D eigenvalue weighted by atomic mass is 16.5. The normalized spacial score (nSPS) is 37.8. The Kier molecular flexibility index (Phi) is 3.94. The molecule has 138 valence electrons. The maximum absolute atomic E-state index is 12.7. The van der Waals surface area contributed by atoms with Crippen molar-refractivity contribution in [3.63, 3.8) is 0 Å². The number of fused-ring (bicyclic) bond motifs is 2. The van der Waals surface area contributed by atoms with E-state index in [4.69, 9.17) is 9.47 Å². The van der Waals surface area contributed by atoms with Gasteiger partial charge in [-0.25, -0.2) is 0 Å². The van der Waals surface area contributed by atoms with Crippen molar-refractivity contribution in [2.45, 2.75) is 25.0 Å². The van der Waals surface area contributed by atoms with Gasteiger partial charge < -0.3 is 19.7 Å². The monoisotopic (exact) mass is 357 g/mol. The highest BCUT2D eigenvalue weighted by Crippen LogP contribution is 2.52. The van der Waals surface area contributed by atoms with E-state index in [9.17, 15) is 9.59 Å². The lowest BCUT2D eigenvalue weighted by Gasteiger charge is -2.34. The third-order valence-electron chi connectivity index (χ3n) is 6.32. The Hall–Kier alpha value is -1.99. The van der Waals surface area contributed by atoms with Crippen LogP contribution in [-0.2, 0) is 19.1 Å². The number of nitrogens with zero attached hydrogens (tertiary/aromatic N) is 2. The van der Waals surface area contributed by atoms with Crippen LogP contribution in [-0.4, -0.2) is 60.2 Å². The summed E-state index contributed by atoms with van der Waals surface area (Å²) in [6.07, 6.45) is 4.44. The van der Waals surface area contributed by atoms with Gasteiger partial charge in [0.2, 0.25) is 5.91 Å². The van der Waals surface area contributed by atoms with Gasteiger partial charge in [-0.3, -0.25) is 14.6 Å². The smallest absolute Gasteiger partial charge is 0.253 e. The Morgan fingerprint density at radius 1 is 1.27 bits per heavy atom. The first-order valence-corrected chi connectivity index (χ1v) is 9.43. The maximum atomic E-state index is 12.7. The van der Waals surface area contributed by atoms with Crippen molar-refractivity contribution < 1.29 is 19.1 Å². The molecule has 0 spiro atoms. The van der Waals surface area contributed by atoms with Crippen LogP contribution in [0.4, 0.5) is 5.69 Å². The van der Waals surface area contributed by atoms with Crippen LogP contribution in [0.25, 0.3) is 0 Å². The van der Waals surface area contributed by atoms with E-state index in [0.29, 0.717) is 30.0 Å². The number of anilines is 1. The molecule has 4 aliphatic rings. The van der Waals surface area contributed by atoms with Crippen LogP contribution in [0, 0.1) is 23.7 Å². The lowest BCUT2D eigenvalue weighted by molar-refractivity contribution is -0.139. The number of amides is 2. The molecule has 1 N–H and O–H groups in total. The number of ether oxygens (including phenoxy) is 2. The first-order chi connectivity index (χ1) is 12.7. The number of aromatic nitrogens is 1. The van der Waals surface area contributed by atoms with E-state index in [1.165, 1.54) is 0 Å². The van der Waals surface area contributed by atoms with Gasteiger partial charge in [0.1, 0.15) is 6.10 Å². The summed E-state index contributed by atoms with van der Waals surface area (Å²) in [7, 11) is 0. The molecule has 0 bridgehead atoms. The van der Waals surface area contributed by atoms with E-state index in [-0.39, 0.29) is 23.8 Å². The molecule has 1 unspecified atom stereocenters. The fourth-order valence-electron chi connectivity index (χ4n) is 4.78. The number of carbonyl (C=O) groups is 2. The topological polar surface area (TPSA) is 80.8 Å². The van der Waals surface area contributed by atoms with E-state index in [2.05, 4.69) is 10.3 Å². The maximum Gasteiger partial charge on any atom is 0.253 e. The molecule has 3 saturated heterocycles. The standard InChI is InChI=1S/C19H23N3O4/c23-18(21-12-2-1-4-20-7-12)15-6-11-3-5-22(8-16(11)26-15)19(24)17-13-9-25-10-14(13)17/h1-2,4,7,11,13-17H,3,5-6,8-10H2,(H,21,23)/t11-,13-,14+,15+,16-,17?/m0/s1. The largest absolute Gasteiger partial charge is 0.381 e. The Labute approximate surface area is 152 Å². The number of pyridine rings is 1. The third-order valence-corrected chi connectivity index (χ3v) is 6.32. The second-order valence-electron chi connectivity index (χ2n) is 7.85. The number of likely N-dealkylation sites (tertiary alicyclic amines) is 1. The van der Waals surface area contributed by atoms with Gasteiger partial charge in [0, 0.05) is 25.2 Å². The van der Waals surface area contributed by atoms with Gasteiger partial charge in [-0.15, -0.1) is 0 Å². The van der Waals surface area contributed by atoms with Crippen LogP contribution < -0.4 is 5.32 Å². The minimum atomic E-state index is -0.450. The predicted octanol–water partition coefficient (Wildman–Crippen LogP) is 0.918. The Bertz CT molecular complexity index is 702. The van der Waals surface area contributed by atoms with Crippen molar-refractivity contribution in [3.8, 4) is 0 Å². The van der Waals surface area contributed by atoms with E-state index >= 15 is 0 Å². The highest BCUT2D eigenvalue weighted by molar-refractivity contribution is 5.94. The average Bonchev–Trinajstić information content (AvgIpc) is 3.02. The number of rotatable bonds is 3. The summed E-state index contributed by atoms with van der Waals surface area (Å²) in [5.41, 5.74) is 0.676. The van der Waals surface area contributed by atoms with Crippen LogP contribution >= 0.6 is 0 Å². The number of hydrogen-bond acceptors (Lipinski definition) is 5. The summed E-state index contributed by atoms with van der Waals surface area (Å²) in [5.74, 6) is 1.51. The highest BCUT2D eigenvalue weighted by Gasteiger charge is 2.59. The van der Waals surface area contributed by atoms with Crippen molar-refractivity contribution >= 4 is 17.5 Å². The van der Waals surface area contributed by atoms with E-state index < -0.39 is 6.10 Å². The van der Waals surface area contributed by atoms with Crippen LogP contribution in [0.3, 0.4) is 0 Å². The number of hydrogen-bond donors (Lipinski definition) is 1. The van der Waals surface area contributed by atoms with Crippen LogP contribution in [0.5, 0.6) is 0 Å². The Morgan fingerprint density at radius 2 is 2.12 bits per heavy atom. The van der Waals surface area contributed by atoms with Gasteiger partial charge in [-0.1, -0.05) is 0 Å². The second-order valence-corrected chi connectivity index (χ2v) is 7.85. The van der Waals surface area contributed by atoms with Crippen molar-refractivity contribution in [2.75, 3.05) is 31.6 Å². The Balaban J connectivity index is 1.18. The third kappa shape index (κ3) is 2.79. The molecule has 1 aromatic heterocycles. The molecule has 2 amide bonds. The van der Waals surface area contributed by atoms with Crippen LogP contribution in [0.1, 0.15) is 12.8 Å². The fourth-order valence-corrected chi connectivity index (χ4v) is 4.78. The first-order valence-electron chi connectivity index (χ1n) is 9.43. The molecule has 1 saturated carbocycles. The van der Waals surface area contributed by atoms with Gasteiger partial charge in [-0.2, -0.15) is 0 Å². The lowest BCUT2D eigenvalue weighted by atomic mass is 9.91. The summed E-state index contributed by atoms with van der Waals surface area (Å²) < 4.78 is 11.4. The van der Waals surface area contributed by atoms with Crippen molar-refractivity contribution in [1.29, 1.82) is 0 Å². The van der Waals surface area contributed by atoms with Gasteiger partial charge in [0.05, 0.1) is 31.2 Å². The van der Waals surface area contributed by atoms with Gasteiger partial charge >= 0.3 is 0 Å². The van der Waals surface area contributed by atoms with Gasteiger partial charge in [0.15, 0.2) is 0 Å². The minimum Gasteiger partial charge on any atom is -0.381 e. The zero-order valence-electron chi connectivity index (χ0n) is 14.5. The first kappa shape index (κ1) is 16.2. The molecular weight excluding hydrogens is 334 g/mol. The lowest BCUT2D eigenvalue weighted by Crippen LogP contribution is -2.46. The predicted molar refractivity (Wildman–Crippen MR) is 92.1 cm³/mol. The van der Waals surface area contributed by atoms with Crippen LogP contribution in [0.15, 0.2) is 24.5 Å². The Morgan fingerprint density at radius 3 is 2.88 bits per heavy atom. The molecule has 5 rings (SSSR count). The number of piperidine rings is 1. The molecule has 7 nitrogen and oxygen atoms in total. The summed E-state index contributed by atoms with van der Waals surface area (Å²) in [4.78, 5) is 31.2. The van der Waals surface area contributed by atoms with E-state index in [0.717, 1.165) is 32.6 Å². The van der Waals surface area contributed by atoms with Crippen molar-refractivity contribution in [1.82, 2.24) is 9.88 Å². The zero-order chi connectivity index (χ0) is 17.7. The molecular formula is C19H23N3O4. The van der Waals surface area contributed by atoms with E-state index in [1.54, 1.807) is 18.5 Å². The quantitative estimate of drug-likeness (QED) is 0.870. The van der Waals surface area contributed by atoms with Gasteiger partial charge in [0.25, 0.3) is 5.91 Å². The second kappa shape index (κ2) is 6.32. The molecule has 7 heteroatoms. The van der Waals surface area contributed by atoms with Crippen LogP contribution in [0.2, 0.25) is 0 Å². The summed E-state index contributed by atoms with van der Waals surface area (Å²) in [5, 5.41) is 2.86. The average molecular weight is 357 g/mol. The molecule has 6 atom stereocenters. The number of nitrogens with one attached hydrogen (secondary N) is 1. The van der Waals surface area contributed by atoms with Crippen molar-refractivity contribution in [2.24, 2.45) is 23.7 Å².